The minimum Gasteiger partial charge on any atom is -0.341 e. The molecular weight excluding hydrogens is 396 g/mol. The predicted molar refractivity (Wildman–Crippen MR) is 131 cm³/mol. The van der Waals surface area contributed by atoms with E-state index < -0.39 is 0 Å². The second-order valence-corrected chi connectivity index (χ2v) is 8.53. The number of rotatable bonds is 9. The molecule has 1 atom stereocenters. The molecule has 0 saturated carbocycles. The molecule has 4 aromatic rings. The van der Waals surface area contributed by atoms with E-state index in [-0.39, 0.29) is 6.04 Å². The first-order valence-electron chi connectivity index (χ1n) is 11.3. The number of nitrogens with one attached hydrogen (secondary N) is 3. The van der Waals surface area contributed by atoms with Crippen LogP contribution in [0.25, 0.3) is 33.6 Å². The van der Waals surface area contributed by atoms with Gasteiger partial charge in [-0.15, -0.1) is 0 Å². The number of H-pyrrole nitrogens is 2. The van der Waals surface area contributed by atoms with E-state index in [0.717, 1.165) is 53.7 Å². The number of benzene rings is 2. The van der Waals surface area contributed by atoms with Crippen molar-refractivity contribution >= 4 is 0 Å². The van der Waals surface area contributed by atoms with Crippen LogP contribution in [0.2, 0.25) is 0 Å². The van der Waals surface area contributed by atoms with Gasteiger partial charge in [-0.1, -0.05) is 69.3 Å². The van der Waals surface area contributed by atoms with Crippen LogP contribution >= 0.6 is 0 Å². The molecular formula is C26H32N6. The van der Waals surface area contributed by atoms with E-state index in [1.165, 1.54) is 11.1 Å². The van der Waals surface area contributed by atoms with Crippen molar-refractivity contribution in [3.05, 3.63) is 72.6 Å². The lowest BCUT2D eigenvalue weighted by Gasteiger charge is -2.12. The van der Waals surface area contributed by atoms with Crippen LogP contribution in [0.4, 0.5) is 0 Å². The Morgan fingerprint density at radius 2 is 1.34 bits per heavy atom. The van der Waals surface area contributed by atoms with Crippen molar-refractivity contribution in [3.8, 4) is 33.6 Å². The average molecular weight is 429 g/mol. The highest BCUT2D eigenvalue weighted by Gasteiger charge is 2.14. The summed E-state index contributed by atoms with van der Waals surface area (Å²) >= 11 is 0. The van der Waals surface area contributed by atoms with Gasteiger partial charge < -0.3 is 21.0 Å². The predicted octanol–water partition coefficient (Wildman–Crippen LogP) is 5.29. The molecule has 32 heavy (non-hydrogen) atoms. The van der Waals surface area contributed by atoms with Gasteiger partial charge in [-0.05, 0) is 41.1 Å². The van der Waals surface area contributed by atoms with Gasteiger partial charge in [0.1, 0.15) is 11.6 Å². The largest absolute Gasteiger partial charge is 0.341 e. The molecule has 0 aliphatic heterocycles. The van der Waals surface area contributed by atoms with Crippen molar-refractivity contribution in [1.29, 1.82) is 0 Å². The Hall–Kier alpha value is -3.22. The van der Waals surface area contributed by atoms with Crippen LogP contribution < -0.4 is 11.1 Å². The lowest BCUT2D eigenvalue weighted by Crippen LogP contribution is -2.18. The van der Waals surface area contributed by atoms with Gasteiger partial charge in [0.2, 0.25) is 0 Å². The number of aromatic amines is 2. The van der Waals surface area contributed by atoms with Crippen LogP contribution in [-0.4, -0.2) is 26.5 Å². The first-order valence-corrected chi connectivity index (χ1v) is 11.3. The molecule has 0 bridgehead atoms. The van der Waals surface area contributed by atoms with E-state index in [9.17, 15) is 0 Å². The first-order chi connectivity index (χ1) is 15.5. The Morgan fingerprint density at radius 1 is 0.812 bits per heavy atom. The minimum absolute atomic E-state index is 0.0832. The molecule has 5 N–H and O–H groups in total. The van der Waals surface area contributed by atoms with Crippen molar-refractivity contribution in [2.24, 2.45) is 11.7 Å². The second kappa shape index (κ2) is 9.94. The fourth-order valence-corrected chi connectivity index (χ4v) is 3.64. The van der Waals surface area contributed by atoms with Crippen molar-refractivity contribution in [3.63, 3.8) is 0 Å². The molecule has 6 heteroatoms. The molecule has 0 amide bonds. The molecule has 2 heterocycles. The van der Waals surface area contributed by atoms with Gasteiger partial charge in [-0.2, -0.15) is 0 Å². The molecule has 166 valence electrons. The lowest BCUT2D eigenvalue weighted by atomic mass is 10.0. The first kappa shape index (κ1) is 22.0. The van der Waals surface area contributed by atoms with E-state index in [1.54, 1.807) is 0 Å². The summed E-state index contributed by atoms with van der Waals surface area (Å²) in [6.45, 7) is 8.12. The standard InChI is InChI=1S/C26H32N6/c1-4-13-28-16-24-29-14-22(31-24)20-9-5-18(6-10-20)19-7-11-21(12-8-19)23-15-30-26(32-23)25(27)17(2)3/h5-12,14-15,17,25,28H,4,13,16,27H2,1-3H3,(H,29,31)(H,30,32). The topological polar surface area (TPSA) is 95.4 Å². The number of nitrogens with zero attached hydrogens (tertiary/aromatic N) is 2. The van der Waals surface area contributed by atoms with Gasteiger partial charge >= 0.3 is 0 Å². The van der Waals surface area contributed by atoms with Crippen LogP contribution in [0.15, 0.2) is 60.9 Å². The third-order valence-electron chi connectivity index (χ3n) is 5.70. The molecule has 0 saturated heterocycles. The van der Waals surface area contributed by atoms with Gasteiger partial charge in [0, 0.05) is 0 Å². The van der Waals surface area contributed by atoms with Gasteiger partial charge in [-0.25, -0.2) is 9.97 Å². The number of aromatic nitrogens is 4. The molecule has 2 aromatic heterocycles. The molecule has 0 aliphatic carbocycles. The maximum Gasteiger partial charge on any atom is 0.123 e. The summed E-state index contributed by atoms with van der Waals surface area (Å²) in [4.78, 5) is 15.7. The highest BCUT2D eigenvalue weighted by molar-refractivity contribution is 5.71. The van der Waals surface area contributed by atoms with Gasteiger partial charge in [-0.3, -0.25) is 0 Å². The van der Waals surface area contributed by atoms with Crippen molar-refractivity contribution in [1.82, 2.24) is 25.3 Å². The second-order valence-electron chi connectivity index (χ2n) is 8.53. The molecule has 1 unspecified atom stereocenters. The fourth-order valence-electron chi connectivity index (χ4n) is 3.64. The highest BCUT2D eigenvalue weighted by atomic mass is 15.0. The zero-order valence-corrected chi connectivity index (χ0v) is 19.0. The van der Waals surface area contributed by atoms with E-state index >= 15 is 0 Å². The van der Waals surface area contributed by atoms with E-state index in [0.29, 0.717) is 5.92 Å². The quantitative estimate of drug-likeness (QED) is 0.272. The van der Waals surface area contributed by atoms with E-state index in [4.69, 9.17) is 5.73 Å². The molecule has 4 rings (SSSR count). The van der Waals surface area contributed by atoms with Crippen molar-refractivity contribution in [2.45, 2.75) is 39.8 Å². The minimum atomic E-state index is -0.0832. The SMILES string of the molecule is CCCNCc1ncc(-c2ccc(-c3ccc(-c4cnc(C(N)C(C)C)[nH]4)cc3)cc2)[nH]1. The molecule has 2 aromatic carbocycles. The van der Waals surface area contributed by atoms with Gasteiger partial charge in [0.05, 0.1) is 36.4 Å². The fraction of sp³-hybridized carbons (Fsp3) is 0.308. The molecule has 0 spiro atoms. The third-order valence-corrected chi connectivity index (χ3v) is 5.70. The smallest absolute Gasteiger partial charge is 0.123 e. The van der Waals surface area contributed by atoms with Gasteiger partial charge in [0.25, 0.3) is 0 Å². The number of hydrogen-bond donors (Lipinski definition) is 4. The maximum absolute atomic E-state index is 6.21. The molecule has 0 fully saturated rings. The van der Waals surface area contributed by atoms with Crippen LogP contribution in [-0.2, 0) is 6.54 Å². The Morgan fingerprint density at radius 3 is 1.91 bits per heavy atom. The van der Waals surface area contributed by atoms with Crippen molar-refractivity contribution < 1.29 is 0 Å². The summed E-state index contributed by atoms with van der Waals surface area (Å²) in [5, 5.41) is 3.37. The van der Waals surface area contributed by atoms with Crippen LogP contribution in [0.1, 0.15) is 44.9 Å². The van der Waals surface area contributed by atoms with Crippen LogP contribution in [0.5, 0.6) is 0 Å². The summed E-state index contributed by atoms with van der Waals surface area (Å²) in [5.74, 6) is 2.13. The Labute approximate surface area is 189 Å². The summed E-state index contributed by atoms with van der Waals surface area (Å²) in [7, 11) is 0. The Balaban J connectivity index is 1.45. The zero-order valence-electron chi connectivity index (χ0n) is 19.0. The molecule has 0 aliphatic rings. The molecule has 6 nitrogen and oxygen atoms in total. The Bertz CT molecular complexity index is 1120. The summed E-state index contributed by atoms with van der Waals surface area (Å²) in [5.41, 5.74) is 12.8. The number of hydrogen-bond acceptors (Lipinski definition) is 4. The maximum atomic E-state index is 6.21. The van der Waals surface area contributed by atoms with E-state index in [1.807, 2.05) is 12.4 Å². The summed E-state index contributed by atoms with van der Waals surface area (Å²) in [6.07, 6.45) is 4.87. The zero-order chi connectivity index (χ0) is 22.5. The number of nitrogens with two attached hydrogens (primary N) is 1. The Kier molecular flexibility index (Phi) is 6.83. The summed E-state index contributed by atoms with van der Waals surface area (Å²) < 4.78 is 0. The monoisotopic (exact) mass is 428 g/mol. The lowest BCUT2D eigenvalue weighted by molar-refractivity contribution is 0.494. The van der Waals surface area contributed by atoms with Crippen LogP contribution in [0, 0.1) is 5.92 Å². The molecule has 0 radical (unpaired) electrons. The van der Waals surface area contributed by atoms with Crippen LogP contribution in [0.3, 0.4) is 0 Å². The van der Waals surface area contributed by atoms with Gasteiger partial charge in [0.15, 0.2) is 0 Å². The number of imidazole rings is 2. The third kappa shape index (κ3) is 4.98. The normalized spacial score (nSPS) is 12.4. The van der Waals surface area contributed by atoms with E-state index in [2.05, 4.69) is 94.6 Å². The average Bonchev–Trinajstić information content (AvgIpc) is 3.49. The highest BCUT2D eigenvalue weighted by Crippen LogP contribution is 2.27. The summed E-state index contributed by atoms with van der Waals surface area (Å²) in [6, 6.07) is 17.0. The van der Waals surface area contributed by atoms with Crippen molar-refractivity contribution in [2.75, 3.05) is 6.54 Å².